The number of Topliss-reactive ketones (excluding diaryl/α,β-unsaturated/α-hetero) is 1. The van der Waals surface area contributed by atoms with E-state index in [0.717, 1.165) is 26.2 Å². The van der Waals surface area contributed by atoms with Crippen molar-refractivity contribution in [3.63, 3.8) is 0 Å². The van der Waals surface area contributed by atoms with Crippen molar-refractivity contribution in [2.45, 2.75) is 19.3 Å². The van der Waals surface area contributed by atoms with E-state index < -0.39 is 11.7 Å². The molecule has 0 bridgehead atoms. The second kappa shape index (κ2) is 11.2. The second-order valence-corrected chi connectivity index (χ2v) is 7.44. The summed E-state index contributed by atoms with van der Waals surface area (Å²) < 4.78 is 12.9. The molecule has 8 heteroatoms. The molecule has 164 valence electrons. The van der Waals surface area contributed by atoms with E-state index in [2.05, 4.69) is 32.8 Å². The van der Waals surface area contributed by atoms with Crippen LogP contribution in [0.15, 0.2) is 54.6 Å². The first kappa shape index (κ1) is 22.4. The van der Waals surface area contributed by atoms with Crippen LogP contribution in [0.3, 0.4) is 0 Å². The zero-order valence-corrected chi connectivity index (χ0v) is 17.4. The minimum atomic E-state index is -0.444. The van der Waals surface area contributed by atoms with Gasteiger partial charge in [-0.15, -0.1) is 0 Å². The molecule has 0 spiro atoms. The van der Waals surface area contributed by atoms with Crippen molar-refractivity contribution in [1.82, 2.24) is 15.8 Å². The molecule has 2 amide bonds. The van der Waals surface area contributed by atoms with Gasteiger partial charge in [-0.25, -0.2) is 4.39 Å². The Morgan fingerprint density at radius 2 is 1.39 bits per heavy atom. The van der Waals surface area contributed by atoms with Crippen LogP contribution in [0.4, 0.5) is 10.1 Å². The number of carbonyl (C=O) groups excluding carboxylic acids is 3. The highest BCUT2D eigenvalue weighted by Crippen LogP contribution is 2.15. The predicted octanol–water partition coefficient (Wildman–Crippen LogP) is 2.15. The van der Waals surface area contributed by atoms with Crippen molar-refractivity contribution < 1.29 is 18.8 Å². The average molecular weight is 426 g/mol. The van der Waals surface area contributed by atoms with Crippen LogP contribution in [0.5, 0.6) is 0 Å². The Balaban J connectivity index is 1.28. The van der Waals surface area contributed by atoms with Crippen LogP contribution in [0, 0.1) is 5.82 Å². The summed E-state index contributed by atoms with van der Waals surface area (Å²) in [5.41, 5.74) is 6.29. The first-order chi connectivity index (χ1) is 15.0. The van der Waals surface area contributed by atoms with Crippen LogP contribution in [0.2, 0.25) is 0 Å². The standard InChI is InChI=1S/C23H27FN4O3/c24-19-8-6-18(7-9-19)21(29)10-11-22(30)25-26-23(31)12-13-27-14-16-28(17-15-27)20-4-2-1-3-5-20/h1-9H,10-17H2,(H,25,30)(H,26,31). The number of rotatable bonds is 8. The fourth-order valence-corrected chi connectivity index (χ4v) is 3.40. The fraction of sp³-hybridized carbons (Fsp3) is 0.348. The summed E-state index contributed by atoms with van der Waals surface area (Å²) in [4.78, 5) is 40.4. The van der Waals surface area contributed by atoms with Crippen LogP contribution >= 0.6 is 0 Å². The number of nitrogens with zero attached hydrogens (tertiary/aromatic N) is 2. The molecule has 0 aliphatic carbocycles. The summed E-state index contributed by atoms with van der Waals surface area (Å²) in [6, 6.07) is 15.4. The van der Waals surface area contributed by atoms with Gasteiger partial charge in [-0.1, -0.05) is 18.2 Å². The maximum atomic E-state index is 12.9. The van der Waals surface area contributed by atoms with Crippen LogP contribution in [0.25, 0.3) is 0 Å². The molecule has 1 saturated heterocycles. The highest BCUT2D eigenvalue weighted by Gasteiger charge is 2.18. The fourth-order valence-electron chi connectivity index (χ4n) is 3.40. The monoisotopic (exact) mass is 426 g/mol. The Morgan fingerprint density at radius 1 is 0.774 bits per heavy atom. The summed E-state index contributed by atoms with van der Waals surface area (Å²) >= 11 is 0. The summed E-state index contributed by atoms with van der Waals surface area (Å²) in [6.45, 7) is 4.18. The average Bonchev–Trinajstić information content (AvgIpc) is 2.81. The molecule has 3 rings (SSSR count). The third kappa shape index (κ3) is 7.18. The number of nitrogens with one attached hydrogen (secondary N) is 2. The number of hydrogen-bond donors (Lipinski definition) is 2. The van der Waals surface area contributed by atoms with Crippen molar-refractivity contribution in [1.29, 1.82) is 0 Å². The summed E-state index contributed by atoms with van der Waals surface area (Å²) in [5, 5.41) is 0. The highest BCUT2D eigenvalue weighted by molar-refractivity contribution is 5.98. The molecular weight excluding hydrogens is 399 g/mol. The Hall–Kier alpha value is -3.26. The van der Waals surface area contributed by atoms with Gasteiger partial charge in [0.1, 0.15) is 5.82 Å². The van der Waals surface area contributed by atoms with Crippen LogP contribution in [-0.4, -0.2) is 55.2 Å². The number of halogens is 1. The Bertz CT molecular complexity index is 881. The minimum absolute atomic E-state index is 0.0149. The van der Waals surface area contributed by atoms with Crippen LogP contribution in [0.1, 0.15) is 29.6 Å². The molecule has 7 nitrogen and oxygen atoms in total. The molecule has 1 heterocycles. The molecule has 0 saturated carbocycles. The van der Waals surface area contributed by atoms with Crippen LogP contribution in [-0.2, 0) is 9.59 Å². The summed E-state index contributed by atoms with van der Waals surface area (Å²) in [7, 11) is 0. The van der Waals surface area contributed by atoms with Gasteiger partial charge in [-0.2, -0.15) is 0 Å². The van der Waals surface area contributed by atoms with E-state index in [1.807, 2.05) is 18.2 Å². The van der Waals surface area contributed by atoms with Gasteiger partial charge in [0, 0.05) is 63.2 Å². The Kier molecular flexibility index (Phi) is 8.12. The lowest BCUT2D eigenvalue weighted by atomic mass is 10.1. The SMILES string of the molecule is O=C(CCC(=O)c1ccc(F)cc1)NNC(=O)CCN1CCN(c2ccccc2)CC1. The van der Waals surface area contributed by atoms with Crippen molar-refractivity contribution in [2.24, 2.45) is 0 Å². The first-order valence-corrected chi connectivity index (χ1v) is 10.4. The van der Waals surface area contributed by atoms with E-state index in [4.69, 9.17) is 0 Å². The number of hydrazine groups is 1. The predicted molar refractivity (Wildman–Crippen MR) is 116 cm³/mol. The van der Waals surface area contributed by atoms with Gasteiger partial charge >= 0.3 is 0 Å². The lowest BCUT2D eigenvalue weighted by molar-refractivity contribution is -0.129. The molecule has 1 aliphatic rings. The molecule has 2 aromatic carbocycles. The van der Waals surface area contributed by atoms with Crippen LogP contribution < -0.4 is 15.8 Å². The quantitative estimate of drug-likeness (QED) is 0.499. The number of piperazine rings is 1. The lowest BCUT2D eigenvalue weighted by Gasteiger charge is -2.36. The van der Waals surface area contributed by atoms with E-state index >= 15 is 0 Å². The largest absolute Gasteiger partial charge is 0.369 e. The number of para-hydroxylation sites is 1. The van der Waals surface area contributed by atoms with E-state index in [-0.39, 0.29) is 31.0 Å². The van der Waals surface area contributed by atoms with Crippen molar-refractivity contribution in [3.8, 4) is 0 Å². The normalized spacial score (nSPS) is 14.2. The lowest BCUT2D eigenvalue weighted by Crippen LogP contribution is -2.48. The maximum absolute atomic E-state index is 12.9. The molecule has 0 radical (unpaired) electrons. The number of amides is 2. The summed E-state index contributed by atoms with van der Waals surface area (Å²) in [5.74, 6) is -1.39. The van der Waals surface area contributed by atoms with Crippen molar-refractivity contribution in [2.75, 3.05) is 37.6 Å². The summed E-state index contributed by atoms with van der Waals surface area (Å²) in [6.07, 6.45) is 0.205. The maximum Gasteiger partial charge on any atom is 0.239 e. The molecular formula is C23H27FN4O3. The molecule has 1 fully saturated rings. The van der Waals surface area contributed by atoms with E-state index in [1.54, 1.807) is 0 Å². The molecule has 2 N–H and O–H groups in total. The molecule has 2 aromatic rings. The van der Waals surface area contributed by atoms with Gasteiger partial charge in [0.25, 0.3) is 0 Å². The van der Waals surface area contributed by atoms with Crippen molar-refractivity contribution >= 4 is 23.3 Å². The van der Waals surface area contributed by atoms with Gasteiger partial charge in [0.15, 0.2) is 5.78 Å². The third-order valence-corrected chi connectivity index (χ3v) is 5.24. The third-order valence-electron chi connectivity index (χ3n) is 5.24. The minimum Gasteiger partial charge on any atom is -0.369 e. The Morgan fingerprint density at radius 3 is 2.03 bits per heavy atom. The van der Waals surface area contributed by atoms with Gasteiger partial charge in [-0.05, 0) is 36.4 Å². The highest BCUT2D eigenvalue weighted by atomic mass is 19.1. The van der Waals surface area contributed by atoms with Gasteiger partial charge < -0.3 is 4.90 Å². The molecule has 31 heavy (non-hydrogen) atoms. The molecule has 1 aliphatic heterocycles. The number of hydrogen-bond acceptors (Lipinski definition) is 5. The molecule has 0 aromatic heterocycles. The topological polar surface area (TPSA) is 81.8 Å². The van der Waals surface area contributed by atoms with Gasteiger partial charge in [-0.3, -0.25) is 30.1 Å². The number of ketones is 1. The molecule has 0 unspecified atom stereocenters. The number of benzene rings is 2. The zero-order chi connectivity index (χ0) is 22.1. The van der Waals surface area contributed by atoms with Gasteiger partial charge in [0.05, 0.1) is 0 Å². The van der Waals surface area contributed by atoms with Gasteiger partial charge in [0.2, 0.25) is 11.8 Å². The second-order valence-electron chi connectivity index (χ2n) is 7.44. The van der Waals surface area contributed by atoms with E-state index in [1.165, 1.54) is 30.0 Å². The first-order valence-electron chi connectivity index (χ1n) is 10.4. The smallest absolute Gasteiger partial charge is 0.239 e. The zero-order valence-electron chi connectivity index (χ0n) is 17.4. The number of anilines is 1. The van der Waals surface area contributed by atoms with E-state index in [0.29, 0.717) is 12.1 Å². The number of carbonyl (C=O) groups is 3. The van der Waals surface area contributed by atoms with Crippen molar-refractivity contribution in [3.05, 3.63) is 66.0 Å². The molecule has 0 atom stereocenters. The Labute approximate surface area is 181 Å². The van der Waals surface area contributed by atoms with E-state index in [9.17, 15) is 18.8 Å².